The van der Waals surface area contributed by atoms with Crippen molar-refractivity contribution in [2.45, 2.75) is 6.42 Å². The zero-order chi connectivity index (χ0) is 14.2. The molecule has 0 saturated heterocycles. The monoisotopic (exact) mass is 286 g/mol. The van der Waals surface area contributed by atoms with Crippen molar-refractivity contribution >= 4 is 17.2 Å². The van der Waals surface area contributed by atoms with Gasteiger partial charge in [-0.2, -0.15) is 0 Å². The molecule has 20 heavy (non-hydrogen) atoms. The highest BCUT2D eigenvalue weighted by molar-refractivity contribution is 7.07. The molecule has 2 aromatic rings. The Morgan fingerprint density at radius 2 is 2.20 bits per heavy atom. The maximum absolute atomic E-state index is 11.9. The van der Waals surface area contributed by atoms with E-state index in [0.29, 0.717) is 17.9 Å². The van der Waals surface area contributed by atoms with E-state index < -0.39 is 0 Å². The van der Waals surface area contributed by atoms with E-state index in [1.165, 1.54) is 0 Å². The molecule has 0 saturated carbocycles. The van der Waals surface area contributed by atoms with Gasteiger partial charge < -0.3 is 10.1 Å². The Morgan fingerprint density at radius 3 is 2.85 bits per heavy atom. The van der Waals surface area contributed by atoms with Gasteiger partial charge in [-0.15, -0.1) is 17.8 Å². The molecule has 1 aromatic carbocycles. The smallest absolute Gasteiger partial charge is 0.251 e. The average molecular weight is 286 g/mol. The van der Waals surface area contributed by atoms with Crippen molar-refractivity contribution in [2.75, 3.05) is 13.2 Å². The van der Waals surface area contributed by atoms with Crippen molar-refractivity contribution in [2.24, 2.45) is 0 Å². The van der Waals surface area contributed by atoms with Crippen molar-refractivity contribution in [3.63, 3.8) is 0 Å². The standard InChI is InChI=1S/C15H14N2O2S/c1-2-9-19-14-5-3-12(4-6-14)15(18)16-8-7-13-10-20-11-17-13/h1,3-6,10-11H,7-9H2,(H,16,18). The van der Waals surface area contributed by atoms with Crippen LogP contribution >= 0.6 is 11.3 Å². The van der Waals surface area contributed by atoms with Gasteiger partial charge in [-0.3, -0.25) is 4.79 Å². The summed E-state index contributed by atoms with van der Waals surface area (Å²) in [5.74, 6) is 2.94. The van der Waals surface area contributed by atoms with Crippen LogP contribution in [0.15, 0.2) is 35.2 Å². The van der Waals surface area contributed by atoms with Crippen LogP contribution < -0.4 is 10.1 Å². The van der Waals surface area contributed by atoms with Crippen molar-refractivity contribution in [3.8, 4) is 18.1 Å². The average Bonchev–Trinajstić information content (AvgIpc) is 2.99. The molecule has 5 heteroatoms. The van der Waals surface area contributed by atoms with E-state index in [1.54, 1.807) is 41.1 Å². The number of rotatable bonds is 6. The molecule has 4 nitrogen and oxygen atoms in total. The van der Waals surface area contributed by atoms with Crippen molar-refractivity contribution in [1.82, 2.24) is 10.3 Å². The van der Waals surface area contributed by atoms with E-state index in [-0.39, 0.29) is 12.5 Å². The maximum Gasteiger partial charge on any atom is 0.251 e. The summed E-state index contributed by atoms with van der Waals surface area (Å²) in [7, 11) is 0. The number of carbonyl (C=O) groups is 1. The maximum atomic E-state index is 11.9. The highest BCUT2D eigenvalue weighted by Gasteiger charge is 2.05. The van der Waals surface area contributed by atoms with Crippen LogP contribution in [0.1, 0.15) is 16.1 Å². The quantitative estimate of drug-likeness (QED) is 0.828. The molecule has 0 aliphatic carbocycles. The van der Waals surface area contributed by atoms with Crippen LogP contribution in [0, 0.1) is 12.3 Å². The molecule has 0 atom stereocenters. The number of nitrogens with one attached hydrogen (secondary N) is 1. The Labute approximate surface area is 121 Å². The topological polar surface area (TPSA) is 51.2 Å². The molecule has 0 radical (unpaired) electrons. The Hall–Kier alpha value is -2.32. The van der Waals surface area contributed by atoms with Gasteiger partial charge in [0, 0.05) is 23.9 Å². The number of hydrogen-bond acceptors (Lipinski definition) is 4. The largest absolute Gasteiger partial charge is 0.481 e. The van der Waals surface area contributed by atoms with E-state index in [1.807, 2.05) is 5.38 Å². The summed E-state index contributed by atoms with van der Waals surface area (Å²) in [5, 5.41) is 4.83. The fourth-order valence-corrected chi connectivity index (χ4v) is 2.19. The molecule has 0 aliphatic rings. The number of hydrogen-bond donors (Lipinski definition) is 1. The highest BCUT2D eigenvalue weighted by Crippen LogP contribution is 2.12. The summed E-state index contributed by atoms with van der Waals surface area (Å²) in [6, 6.07) is 6.88. The molecule has 0 fully saturated rings. The van der Waals surface area contributed by atoms with Gasteiger partial charge in [0.1, 0.15) is 12.4 Å². The number of nitrogens with zero attached hydrogens (tertiary/aromatic N) is 1. The van der Waals surface area contributed by atoms with E-state index in [4.69, 9.17) is 11.2 Å². The molecule has 2 rings (SSSR count). The van der Waals surface area contributed by atoms with Crippen LogP contribution in [0.2, 0.25) is 0 Å². The molecular weight excluding hydrogens is 272 g/mol. The normalized spacial score (nSPS) is 9.75. The zero-order valence-corrected chi connectivity index (χ0v) is 11.7. The van der Waals surface area contributed by atoms with Crippen molar-refractivity contribution in [3.05, 3.63) is 46.4 Å². The van der Waals surface area contributed by atoms with Gasteiger partial charge in [0.15, 0.2) is 0 Å². The molecule has 0 unspecified atom stereocenters. The summed E-state index contributed by atoms with van der Waals surface area (Å²) in [5.41, 5.74) is 3.37. The van der Waals surface area contributed by atoms with Crippen LogP contribution in [0.4, 0.5) is 0 Å². The molecular formula is C15H14N2O2S. The minimum absolute atomic E-state index is 0.108. The van der Waals surface area contributed by atoms with Crippen LogP contribution in [-0.2, 0) is 6.42 Å². The van der Waals surface area contributed by atoms with Crippen LogP contribution in [0.3, 0.4) is 0 Å². The van der Waals surface area contributed by atoms with Crippen molar-refractivity contribution in [1.29, 1.82) is 0 Å². The van der Waals surface area contributed by atoms with Crippen LogP contribution in [0.5, 0.6) is 5.75 Å². The Bertz CT molecular complexity index is 585. The minimum atomic E-state index is -0.108. The third-order valence-corrected chi connectivity index (χ3v) is 3.22. The molecule has 1 N–H and O–H groups in total. The predicted molar refractivity (Wildman–Crippen MR) is 78.9 cm³/mol. The third kappa shape index (κ3) is 4.11. The lowest BCUT2D eigenvalue weighted by molar-refractivity contribution is 0.0954. The first-order valence-corrected chi connectivity index (χ1v) is 7.05. The fraction of sp³-hybridized carbons (Fsp3) is 0.200. The number of amides is 1. The lowest BCUT2D eigenvalue weighted by atomic mass is 10.2. The van der Waals surface area contributed by atoms with E-state index in [9.17, 15) is 4.79 Å². The molecule has 1 amide bonds. The summed E-state index contributed by atoms with van der Waals surface area (Å²) in [6.45, 7) is 0.789. The molecule has 1 heterocycles. The Balaban J connectivity index is 1.81. The molecule has 1 aromatic heterocycles. The van der Waals surface area contributed by atoms with Gasteiger partial charge in [-0.1, -0.05) is 5.92 Å². The number of thiazole rings is 1. The number of ether oxygens (including phenoxy) is 1. The van der Waals surface area contributed by atoms with Gasteiger partial charge in [0.2, 0.25) is 0 Å². The third-order valence-electron chi connectivity index (χ3n) is 2.59. The number of terminal acetylenes is 1. The van der Waals surface area contributed by atoms with Gasteiger partial charge in [-0.05, 0) is 24.3 Å². The molecule has 102 valence electrons. The van der Waals surface area contributed by atoms with Gasteiger partial charge in [0.05, 0.1) is 11.2 Å². The molecule has 0 aliphatic heterocycles. The first-order valence-electron chi connectivity index (χ1n) is 6.11. The first kappa shape index (κ1) is 14.1. The molecule has 0 spiro atoms. The molecule has 0 bridgehead atoms. The Morgan fingerprint density at radius 1 is 1.40 bits per heavy atom. The van der Waals surface area contributed by atoms with Crippen LogP contribution in [-0.4, -0.2) is 24.0 Å². The lowest BCUT2D eigenvalue weighted by Crippen LogP contribution is -2.25. The summed E-state index contributed by atoms with van der Waals surface area (Å²) in [6.07, 6.45) is 5.84. The van der Waals surface area contributed by atoms with E-state index >= 15 is 0 Å². The SMILES string of the molecule is C#CCOc1ccc(C(=O)NCCc2cscn2)cc1. The van der Waals surface area contributed by atoms with E-state index in [2.05, 4.69) is 16.2 Å². The Kier molecular flexibility index (Phi) is 5.15. The van der Waals surface area contributed by atoms with Gasteiger partial charge in [0.25, 0.3) is 5.91 Å². The lowest BCUT2D eigenvalue weighted by Gasteiger charge is -2.06. The second kappa shape index (κ2) is 7.31. The number of benzene rings is 1. The fourth-order valence-electron chi connectivity index (χ4n) is 1.59. The summed E-state index contributed by atoms with van der Waals surface area (Å²) in [4.78, 5) is 16.1. The number of aromatic nitrogens is 1. The first-order chi connectivity index (χ1) is 9.79. The number of carbonyl (C=O) groups excluding carboxylic acids is 1. The predicted octanol–water partition coefficient (Wildman–Crippen LogP) is 2.13. The van der Waals surface area contributed by atoms with Gasteiger partial charge in [-0.25, -0.2) is 4.98 Å². The summed E-state index contributed by atoms with van der Waals surface area (Å²) < 4.78 is 5.25. The zero-order valence-electron chi connectivity index (χ0n) is 10.8. The van der Waals surface area contributed by atoms with Crippen molar-refractivity contribution < 1.29 is 9.53 Å². The highest BCUT2D eigenvalue weighted by atomic mass is 32.1. The summed E-state index contributed by atoms with van der Waals surface area (Å²) >= 11 is 1.55. The van der Waals surface area contributed by atoms with Gasteiger partial charge >= 0.3 is 0 Å². The second-order valence-electron chi connectivity index (χ2n) is 4.00. The minimum Gasteiger partial charge on any atom is -0.481 e. The van der Waals surface area contributed by atoms with Crippen LogP contribution in [0.25, 0.3) is 0 Å². The van der Waals surface area contributed by atoms with E-state index in [0.717, 1.165) is 12.1 Å². The second-order valence-corrected chi connectivity index (χ2v) is 4.72.